The Hall–Kier alpha value is -1.56. The predicted molar refractivity (Wildman–Crippen MR) is 65.0 cm³/mol. The molecule has 2 unspecified atom stereocenters. The molecule has 0 aliphatic heterocycles. The van der Waals surface area contributed by atoms with Crippen LogP contribution in [0.25, 0.3) is 0 Å². The normalized spacial score (nSPS) is 15.2. The molecule has 0 saturated heterocycles. The summed E-state index contributed by atoms with van der Waals surface area (Å²) in [6, 6.07) is 8.58. The summed E-state index contributed by atoms with van der Waals surface area (Å²) in [6.45, 7) is 0.809. The third kappa shape index (κ3) is 4.90. The van der Waals surface area contributed by atoms with E-state index in [0.29, 0.717) is 5.56 Å². The second-order valence-corrected chi connectivity index (χ2v) is 4.18. The molecule has 7 heteroatoms. The van der Waals surface area contributed by atoms with Crippen LogP contribution in [0.2, 0.25) is 0 Å². The minimum absolute atomic E-state index is 0.628. The molecular weight excluding hydrogens is 283 g/mol. The molecule has 0 aromatic heterocycles. The van der Waals surface area contributed by atoms with Crippen LogP contribution in [-0.2, 0) is 9.63 Å². The quantitative estimate of drug-likeness (QED) is 0.474. The van der Waals surface area contributed by atoms with Gasteiger partial charge >= 0.3 is 6.18 Å². The summed E-state index contributed by atoms with van der Waals surface area (Å²) in [7, 11) is 0. The van der Waals surface area contributed by atoms with E-state index >= 15 is 0 Å². The van der Waals surface area contributed by atoms with Crippen molar-refractivity contribution < 1.29 is 22.8 Å². The second kappa shape index (κ2) is 6.56. The molecule has 104 valence electrons. The fourth-order valence-corrected chi connectivity index (χ4v) is 1.43. The van der Waals surface area contributed by atoms with Crippen LogP contribution in [0.15, 0.2) is 35.5 Å². The van der Waals surface area contributed by atoms with E-state index in [0.717, 1.165) is 6.92 Å². The third-order valence-electron chi connectivity index (χ3n) is 2.37. The van der Waals surface area contributed by atoms with Gasteiger partial charge in [-0.15, -0.1) is 0 Å². The summed E-state index contributed by atoms with van der Waals surface area (Å²) in [4.78, 5) is 15.5. The SMILES string of the molecule is CC(C(ON=Cc1ccccc1)C(=O)Cl)C(F)(F)F. The zero-order chi connectivity index (χ0) is 14.5. The van der Waals surface area contributed by atoms with Gasteiger partial charge in [-0.1, -0.05) is 35.5 Å². The van der Waals surface area contributed by atoms with E-state index in [2.05, 4.69) is 9.99 Å². The van der Waals surface area contributed by atoms with Crippen LogP contribution in [0.1, 0.15) is 12.5 Å². The van der Waals surface area contributed by atoms with Crippen molar-refractivity contribution in [1.82, 2.24) is 0 Å². The minimum Gasteiger partial charge on any atom is -0.382 e. The van der Waals surface area contributed by atoms with Gasteiger partial charge in [-0.25, -0.2) is 0 Å². The van der Waals surface area contributed by atoms with Crippen LogP contribution in [-0.4, -0.2) is 23.7 Å². The minimum atomic E-state index is -4.59. The molecule has 0 N–H and O–H groups in total. The number of hydrogen-bond acceptors (Lipinski definition) is 3. The van der Waals surface area contributed by atoms with Gasteiger partial charge in [0.2, 0.25) is 6.10 Å². The Morgan fingerprint density at radius 2 is 1.95 bits per heavy atom. The second-order valence-electron chi connectivity index (χ2n) is 3.81. The summed E-state index contributed by atoms with van der Waals surface area (Å²) in [6.07, 6.45) is -5.24. The highest BCUT2D eigenvalue weighted by Gasteiger charge is 2.45. The lowest BCUT2D eigenvalue weighted by Crippen LogP contribution is -2.36. The number of oxime groups is 1. The van der Waals surface area contributed by atoms with Crippen LogP contribution >= 0.6 is 11.6 Å². The molecule has 19 heavy (non-hydrogen) atoms. The molecule has 0 aliphatic rings. The summed E-state index contributed by atoms with van der Waals surface area (Å²) < 4.78 is 37.4. The van der Waals surface area contributed by atoms with Gasteiger partial charge < -0.3 is 4.84 Å². The number of benzene rings is 1. The van der Waals surface area contributed by atoms with Crippen molar-refractivity contribution in [2.24, 2.45) is 11.1 Å². The molecule has 0 aliphatic carbocycles. The van der Waals surface area contributed by atoms with Crippen molar-refractivity contribution in [1.29, 1.82) is 0 Å². The Morgan fingerprint density at radius 1 is 1.37 bits per heavy atom. The van der Waals surface area contributed by atoms with Crippen molar-refractivity contribution in [3.8, 4) is 0 Å². The highest BCUT2D eigenvalue weighted by molar-refractivity contribution is 6.64. The Morgan fingerprint density at radius 3 is 2.42 bits per heavy atom. The first-order valence-electron chi connectivity index (χ1n) is 5.32. The first kappa shape index (κ1) is 15.5. The molecule has 3 nitrogen and oxygen atoms in total. The van der Waals surface area contributed by atoms with Crippen LogP contribution in [0.4, 0.5) is 13.2 Å². The Bertz CT molecular complexity index is 448. The number of halogens is 4. The molecule has 0 amide bonds. The van der Waals surface area contributed by atoms with Crippen molar-refractivity contribution in [2.75, 3.05) is 0 Å². The lowest BCUT2D eigenvalue weighted by atomic mass is 10.1. The van der Waals surface area contributed by atoms with E-state index in [1.165, 1.54) is 6.21 Å². The van der Waals surface area contributed by atoms with Gasteiger partial charge in [-0.05, 0) is 24.1 Å². The van der Waals surface area contributed by atoms with Crippen LogP contribution in [0.3, 0.4) is 0 Å². The molecule has 0 spiro atoms. The fraction of sp³-hybridized carbons (Fsp3) is 0.333. The topological polar surface area (TPSA) is 38.7 Å². The highest BCUT2D eigenvalue weighted by atomic mass is 35.5. The number of carbonyl (C=O) groups excluding carboxylic acids is 1. The maximum atomic E-state index is 12.5. The lowest BCUT2D eigenvalue weighted by Gasteiger charge is -2.20. The van der Waals surface area contributed by atoms with E-state index in [-0.39, 0.29) is 0 Å². The smallest absolute Gasteiger partial charge is 0.382 e. The molecular formula is C12H11ClF3NO2. The number of carbonyl (C=O) groups is 1. The van der Waals surface area contributed by atoms with Gasteiger partial charge in [0.1, 0.15) is 5.92 Å². The molecule has 2 atom stereocenters. The summed E-state index contributed by atoms with van der Waals surface area (Å²) in [5.74, 6) is -2.04. The van der Waals surface area contributed by atoms with Crippen LogP contribution < -0.4 is 0 Å². The van der Waals surface area contributed by atoms with Gasteiger partial charge in [-0.2, -0.15) is 13.2 Å². The molecule has 0 bridgehead atoms. The van der Waals surface area contributed by atoms with Gasteiger partial charge in [-0.3, -0.25) is 4.79 Å². The van der Waals surface area contributed by atoms with E-state index in [9.17, 15) is 18.0 Å². The Labute approximate surface area is 113 Å². The standard InChI is InChI=1S/C12H11ClF3NO2/c1-8(12(14,15)16)10(11(13)18)19-17-7-9-5-3-2-4-6-9/h2-8,10H,1H3. The third-order valence-corrected chi connectivity index (χ3v) is 2.58. The van der Waals surface area contributed by atoms with Gasteiger partial charge in [0.25, 0.3) is 5.24 Å². The number of nitrogens with zero attached hydrogens (tertiary/aromatic N) is 1. The summed E-state index contributed by atoms with van der Waals surface area (Å²) in [5, 5.41) is 2.13. The van der Waals surface area contributed by atoms with Crippen molar-refractivity contribution >= 4 is 23.1 Å². The summed E-state index contributed by atoms with van der Waals surface area (Å²) >= 11 is 5.09. The van der Waals surface area contributed by atoms with E-state index in [1.807, 2.05) is 0 Å². The molecule has 0 fully saturated rings. The van der Waals surface area contributed by atoms with E-state index in [4.69, 9.17) is 11.6 Å². The molecule has 0 radical (unpaired) electrons. The van der Waals surface area contributed by atoms with Crippen molar-refractivity contribution in [2.45, 2.75) is 19.2 Å². The maximum Gasteiger partial charge on any atom is 0.395 e. The average Bonchev–Trinajstić information content (AvgIpc) is 2.33. The Kier molecular flexibility index (Phi) is 5.35. The molecule has 1 aromatic carbocycles. The number of alkyl halides is 3. The number of hydrogen-bond donors (Lipinski definition) is 0. The molecule has 1 aromatic rings. The fourth-order valence-electron chi connectivity index (χ4n) is 1.20. The van der Waals surface area contributed by atoms with Gasteiger partial charge in [0.05, 0.1) is 6.21 Å². The summed E-state index contributed by atoms with van der Waals surface area (Å²) in [5.41, 5.74) is 0.628. The van der Waals surface area contributed by atoms with E-state index in [1.54, 1.807) is 30.3 Å². The predicted octanol–water partition coefficient (Wildman–Crippen LogP) is 3.37. The molecule has 1 rings (SSSR count). The first-order valence-corrected chi connectivity index (χ1v) is 5.70. The zero-order valence-electron chi connectivity index (χ0n) is 9.89. The van der Waals surface area contributed by atoms with Crippen LogP contribution in [0.5, 0.6) is 0 Å². The van der Waals surface area contributed by atoms with E-state index < -0.39 is 23.4 Å². The highest BCUT2D eigenvalue weighted by Crippen LogP contribution is 2.30. The van der Waals surface area contributed by atoms with Gasteiger partial charge in [0.15, 0.2) is 0 Å². The van der Waals surface area contributed by atoms with Crippen LogP contribution in [0, 0.1) is 5.92 Å². The largest absolute Gasteiger partial charge is 0.395 e. The van der Waals surface area contributed by atoms with Crippen molar-refractivity contribution in [3.63, 3.8) is 0 Å². The first-order chi connectivity index (χ1) is 8.82. The molecule has 0 heterocycles. The average molecular weight is 294 g/mol. The zero-order valence-corrected chi connectivity index (χ0v) is 10.7. The lowest BCUT2D eigenvalue weighted by molar-refractivity contribution is -0.200. The number of rotatable bonds is 5. The monoisotopic (exact) mass is 293 g/mol. The maximum absolute atomic E-state index is 12.5. The van der Waals surface area contributed by atoms with Crippen molar-refractivity contribution in [3.05, 3.63) is 35.9 Å². The molecule has 0 saturated carbocycles. The van der Waals surface area contributed by atoms with Gasteiger partial charge in [0, 0.05) is 0 Å². The Balaban J connectivity index is 2.71.